The number of nitrogens with zero attached hydrogens (tertiary/aromatic N) is 2. The van der Waals surface area contributed by atoms with Crippen LogP contribution in [0.2, 0.25) is 0 Å². The summed E-state index contributed by atoms with van der Waals surface area (Å²) >= 11 is 1.43. The van der Waals surface area contributed by atoms with Crippen LogP contribution >= 0.6 is 11.3 Å². The first-order valence-electron chi connectivity index (χ1n) is 9.12. The normalized spacial score (nSPS) is 24.8. The molecule has 2 bridgehead atoms. The molecule has 138 valence electrons. The van der Waals surface area contributed by atoms with E-state index < -0.39 is 0 Å². The van der Waals surface area contributed by atoms with E-state index in [2.05, 4.69) is 15.2 Å². The van der Waals surface area contributed by atoms with Crippen molar-refractivity contribution >= 4 is 33.3 Å². The number of carbonyl (C=O) groups is 2. The summed E-state index contributed by atoms with van der Waals surface area (Å²) in [5, 5.41) is 5.65. The van der Waals surface area contributed by atoms with Gasteiger partial charge >= 0.3 is 5.97 Å². The number of piperidine rings is 3. The van der Waals surface area contributed by atoms with E-state index in [0.717, 1.165) is 42.6 Å². The summed E-state index contributed by atoms with van der Waals surface area (Å²) in [6.07, 6.45) is 3.77. The Morgan fingerprint density at radius 1 is 1.35 bits per heavy atom. The van der Waals surface area contributed by atoms with E-state index in [1.54, 1.807) is 17.6 Å². The van der Waals surface area contributed by atoms with E-state index >= 15 is 0 Å². The number of hydrogen-bond donors (Lipinski definition) is 1. The van der Waals surface area contributed by atoms with Gasteiger partial charge in [-0.05, 0) is 51.8 Å². The van der Waals surface area contributed by atoms with E-state index in [0.29, 0.717) is 17.2 Å². The lowest BCUT2D eigenvalue weighted by Crippen LogP contribution is -2.57. The molecule has 7 heteroatoms. The maximum Gasteiger partial charge on any atom is 0.339 e. The van der Waals surface area contributed by atoms with Gasteiger partial charge in [-0.1, -0.05) is 0 Å². The highest BCUT2D eigenvalue weighted by atomic mass is 32.1. The van der Waals surface area contributed by atoms with Crippen LogP contribution in [0, 0.1) is 5.92 Å². The summed E-state index contributed by atoms with van der Waals surface area (Å²) in [6.45, 7) is 6.83. The molecule has 1 amide bonds. The minimum absolute atomic E-state index is 0.167. The van der Waals surface area contributed by atoms with Gasteiger partial charge in [-0.3, -0.25) is 4.79 Å². The average Bonchev–Trinajstić information content (AvgIpc) is 3.05. The Balaban J connectivity index is 1.54. The number of hydrogen-bond acceptors (Lipinski definition) is 6. The molecular weight excluding hydrogens is 350 g/mol. The smallest absolute Gasteiger partial charge is 0.339 e. The SMILES string of the molecule is CC(C)OC(=O)c1csc2cnc(C(=O)N[C@H]3CN4CCC3CC4)cc12. The molecule has 0 aliphatic carbocycles. The maximum atomic E-state index is 12.7. The molecule has 3 aliphatic rings. The molecule has 5 heterocycles. The number of ether oxygens (including phenoxy) is 1. The molecular formula is C19H23N3O3S. The Bertz CT molecular complexity index is 840. The molecule has 0 saturated carbocycles. The summed E-state index contributed by atoms with van der Waals surface area (Å²) < 4.78 is 6.17. The maximum absolute atomic E-state index is 12.7. The van der Waals surface area contributed by atoms with E-state index in [1.807, 2.05) is 13.8 Å². The first-order valence-corrected chi connectivity index (χ1v) is 10.0. The van der Waals surface area contributed by atoms with Crippen LogP contribution in [0.5, 0.6) is 0 Å². The number of amides is 1. The van der Waals surface area contributed by atoms with Gasteiger partial charge in [0.25, 0.3) is 5.91 Å². The number of carbonyl (C=O) groups excluding carboxylic acids is 2. The van der Waals surface area contributed by atoms with Gasteiger partial charge in [-0.2, -0.15) is 0 Å². The summed E-state index contributed by atoms with van der Waals surface area (Å²) in [5.74, 6) is 0.0339. The number of thiophene rings is 1. The highest BCUT2D eigenvalue weighted by Crippen LogP contribution is 2.29. The Morgan fingerprint density at radius 2 is 2.12 bits per heavy atom. The number of pyridine rings is 1. The summed E-state index contributed by atoms with van der Waals surface area (Å²) in [7, 11) is 0. The van der Waals surface area contributed by atoms with Crippen molar-refractivity contribution in [3.63, 3.8) is 0 Å². The van der Waals surface area contributed by atoms with Crippen molar-refractivity contribution in [1.82, 2.24) is 15.2 Å². The topological polar surface area (TPSA) is 71.5 Å². The third-order valence-corrected chi connectivity index (χ3v) is 6.16. The van der Waals surface area contributed by atoms with E-state index in [4.69, 9.17) is 4.74 Å². The quantitative estimate of drug-likeness (QED) is 0.835. The Kier molecular flexibility index (Phi) is 4.67. The van der Waals surface area contributed by atoms with Crippen LogP contribution in [0.3, 0.4) is 0 Å². The van der Waals surface area contributed by atoms with E-state index in [9.17, 15) is 9.59 Å². The van der Waals surface area contributed by atoms with E-state index in [-0.39, 0.29) is 24.0 Å². The van der Waals surface area contributed by atoms with Crippen molar-refractivity contribution < 1.29 is 14.3 Å². The lowest BCUT2D eigenvalue weighted by molar-refractivity contribution is 0.0380. The van der Waals surface area contributed by atoms with Gasteiger partial charge in [0.05, 0.1) is 16.4 Å². The minimum Gasteiger partial charge on any atom is -0.459 e. The summed E-state index contributed by atoms with van der Waals surface area (Å²) in [6, 6.07) is 1.90. The monoisotopic (exact) mass is 373 g/mol. The zero-order valence-electron chi connectivity index (χ0n) is 15.0. The Morgan fingerprint density at radius 3 is 2.77 bits per heavy atom. The molecule has 2 aromatic rings. The highest BCUT2D eigenvalue weighted by Gasteiger charge is 2.35. The zero-order valence-corrected chi connectivity index (χ0v) is 15.8. The number of fused-ring (bicyclic) bond motifs is 4. The van der Waals surface area contributed by atoms with Crippen molar-refractivity contribution in [2.75, 3.05) is 19.6 Å². The fourth-order valence-electron chi connectivity index (χ4n) is 3.86. The molecule has 26 heavy (non-hydrogen) atoms. The van der Waals surface area contributed by atoms with Crippen LogP contribution in [0.4, 0.5) is 0 Å². The molecule has 0 spiro atoms. The second kappa shape index (κ2) is 6.96. The standard InChI is InChI=1S/C19H23N3O3S/c1-11(2)25-19(24)14-10-26-17-8-20-15(7-13(14)17)18(23)21-16-9-22-5-3-12(16)4-6-22/h7-8,10-12,16H,3-6,9H2,1-2H3,(H,21,23)/t16-/m0/s1. The second-order valence-electron chi connectivity index (χ2n) is 7.39. The van der Waals surface area contributed by atoms with Crippen LogP contribution < -0.4 is 5.32 Å². The third kappa shape index (κ3) is 3.33. The van der Waals surface area contributed by atoms with Crippen molar-refractivity contribution in [2.45, 2.75) is 38.8 Å². The summed E-state index contributed by atoms with van der Waals surface area (Å²) in [5.41, 5.74) is 0.851. The predicted octanol–water partition coefficient (Wildman–Crippen LogP) is 2.69. The van der Waals surface area contributed by atoms with Gasteiger partial charge in [0.15, 0.2) is 0 Å². The molecule has 6 nitrogen and oxygen atoms in total. The van der Waals surface area contributed by atoms with Crippen LogP contribution in [-0.4, -0.2) is 53.5 Å². The molecule has 3 fully saturated rings. The number of esters is 1. The Hall–Kier alpha value is -1.99. The lowest BCUT2D eigenvalue weighted by Gasteiger charge is -2.44. The van der Waals surface area contributed by atoms with E-state index in [1.165, 1.54) is 11.3 Å². The first-order chi connectivity index (χ1) is 12.5. The zero-order chi connectivity index (χ0) is 18.3. The van der Waals surface area contributed by atoms with Crippen molar-refractivity contribution in [1.29, 1.82) is 0 Å². The van der Waals surface area contributed by atoms with Gasteiger partial charge < -0.3 is 15.0 Å². The van der Waals surface area contributed by atoms with Crippen molar-refractivity contribution in [2.24, 2.45) is 5.92 Å². The van der Waals surface area contributed by atoms with Crippen LogP contribution in [0.25, 0.3) is 10.1 Å². The second-order valence-corrected chi connectivity index (χ2v) is 8.30. The van der Waals surface area contributed by atoms with Gasteiger partial charge in [0, 0.05) is 29.5 Å². The number of rotatable bonds is 4. The highest BCUT2D eigenvalue weighted by molar-refractivity contribution is 7.17. The molecule has 0 aromatic carbocycles. The fourth-order valence-corrected chi connectivity index (χ4v) is 4.74. The van der Waals surface area contributed by atoms with Crippen molar-refractivity contribution in [3.8, 4) is 0 Å². The fraction of sp³-hybridized carbons (Fsp3) is 0.526. The first kappa shape index (κ1) is 17.4. The molecule has 3 saturated heterocycles. The molecule has 5 rings (SSSR count). The van der Waals surface area contributed by atoms with Crippen LogP contribution in [-0.2, 0) is 4.74 Å². The molecule has 0 unspecified atom stereocenters. The lowest BCUT2D eigenvalue weighted by atomic mass is 9.84. The van der Waals surface area contributed by atoms with Gasteiger partial charge in [0.1, 0.15) is 5.69 Å². The number of nitrogens with one attached hydrogen (secondary N) is 1. The predicted molar refractivity (Wildman–Crippen MR) is 101 cm³/mol. The molecule has 0 radical (unpaired) electrons. The molecule has 3 aliphatic heterocycles. The van der Waals surface area contributed by atoms with Crippen molar-refractivity contribution in [3.05, 3.63) is 28.9 Å². The van der Waals surface area contributed by atoms with Gasteiger partial charge in [0.2, 0.25) is 0 Å². The Labute approximate surface area is 156 Å². The average molecular weight is 373 g/mol. The van der Waals surface area contributed by atoms with Crippen LogP contribution in [0.15, 0.2) is 17.6 Å². The number of aromatic nitrogens is 1. The molecule has 1 atom stereocenters. The molecule has 1 N–H and O–H groups in total. The van der Waals surface area contributed by atoms with Gasteiger partial charge in [-0.25, -0.2) is 9.78 Å². The largest absolute Gasteiger partial charge is 0.459 e. The molecule has 2 aromatic heterocycles. The van der Waals surface area contributed by atoms with Crippen LogP contribution in [0.1, 0.15) is 47.5 Å². The minimum atomic E-state index is -0.360. The summed E-state index contributed by atoms with van der Waals surface area (Å²) in [4.78, 5) is 31.7. The van der Waals surface area contributed by atoms with Gasteiger partial charge in [-0.15, -0.1) is 11.3 Å². The third-order valence-electron chi connectivity index (χ3n) is 5.23.